The van der Waals surface area contributed by atoms with E-state index in [0.29, 0.717) is 11.2 Å². The van der Waals surface area contributed by atoms with E-state index in [2.05, 4.69) is 53.5 Å². The molecule has 3 heterocycles. The number of carbonyl (C=O) groups excluding carboxylic acids is 1. The molecule has 1 fully saturated rings. The number of hydrogen-bond acceptors (Lipinski definition) is 4. The summed E-state index contributed by atoms with van der Waals surface area (Å²) >= 11 is 0. The van der Waals surface area contributed by atoms with Crippen LogP contribution in [-0.4, -0.2) is 50.9 Å². The van der Waals surface area contributed by atoms with Crippen molar-refractivity contribution in [1.82, 2.24) is 24.4 Å². The Bertz CT molecular complexity index is 931. The highest BCUT2D eigenvalue weighted by Gasteiger charge is 2.30. The Morgan fingerprint density at radius 1 is 1.19 bits per heavy atom. The van der Waals surface area contributed by atoms with Gasteiger partial charge in [-0.1, -0.05) is 24.3 Å². The molecule has 140 valence electrons. The van der Waals surface area contributed by atoms with Crippen LogP contribution in [0.15, 0.2) is 48.9 Å². The summed E-state index contributed by atoms with van der Waals surface area (Å²) in [5, 5.41) is 8.07. The lowest BCUT2D eigenvalue weighted by atomic mass is 9.93. The number of nitrogens with zero attached hydrogens (tertiary/aromatic N) is 5. The molecule has 0 N–H and O–H groups in total. The lowest BCUT2D eigenvalue weighted by Gasteiger charge is -2.36. The maximum absolute atomic E-state index is 13.3. The van der Waals surface area contributed by atoms with Crippen molar-refractivity contribution >= 4 is 11.6 Å². The number of amides is 1. The average molecular weight is 363 g/mol. The van der Waals surface area contributed by atoms with E-state index in [1.807, 2.05) is 23.2 Å². The van der Waals surface area contributed by atoms with Gasteiger partial charge in [-0.05, 0) is 56.6 Å². The number of benzene rings is 1. The van der Waals surface area contributed by atoms with E-state index < -0.39 is 0 Å². The van der Waals surface area contributed by atoms with Crippen LogP contribution in [0.1, 0.15) is 46.8 Å². The van der Waals surface area contributed by atoms with Crippen LogP contribution in [-0.2, 0) is 6.54 Å². The second kappa shape index (κ2) is 7.48. The Balaban J connectivity index is 1.62. The third-order valence-electron chi connectivity index (χ3n) is 5.18. The van der Waals surface area contributed by atoms with Gasteiger partial charge in [0.25, 0.3) is 5.91 Å². The van der Waals surface area contributed by atoms with Crippen molar-refractivity contribution in [3.8, 4) is 0 Å². The number of rotatable bonds is 4. The van der Waals surface area contributed by atoms with Crippen molar-refractivity contribution in [3.05, 3.63) is 65.6 Å². The lowest BCUT2D eigenvalue weighted by molar-refractivity contribution is 0.0613. The number of carbonyl (C=O) groups is 1. The summed E-state index contributed by atoms with van der Waals surface area (Å²) < 4.78 is 1.79. The van der Waals surface area contributed by atoms with Gasteiger partial charge >= 0.3 is 0 Å². The molecule has 6 heteroatoms. The molecular formula is C21H25N5O. The smallest absolute Gasteiger partial charge is 0.258 e. The second-order valence-corrected chi connectivity index (χ2v) is 7.47. The third-order valence-corrected chi connectivity index (χ3v) is 5.18. The molecule has 1 amide bonds. The highest BCUT2D eigenvalue weighted by Crippen LogP contribution is 2.32. The van der Waals surface area contributed by atoms with Gasteiger partial charge in [0.2, 0.25) is 0 Å². The quantitative estimate of drug-likeness (QED) is 0.714. The summed E-state index contributed by atoms with van der Waals surface area (Å²) in [6, 6.07) is 12.5. The van der Waals surface area contributed by atoms with Crippen molar-refractivity contribution in [2.75, 3.05) is 20.6 Å². The van der Waals surface area contributed by atoms with Gasteiger partial charge in [-0.2, -0.15) is 0 Å². The molecule has 1 aliphatic heterocycles. The predicted molar refractivity (Wildman–Crippen MR) is 104 cm³/mol. The van der Waals surface area contributed by atoms with Crippen LogP contribution in [0.25, 0.3) is 5.65 Å². The average Bonchev–Trinajstić information content (AvgIpc) is 3.16. The minimum absolute atomic E-state index is 0.0377. The van der Waals surface area contributed by atoms with Crippen molar-refractivity contribution in [1.29, 1.82) is 0 Å². The molecule has 27 heavy (non-hydrogen) atoms. The summed E-state index contributed by atoms with van der Waals surface area (Å²) in [5.74, 6) is 0.0377. The Hall–Kier alpha value is -2.73. The van der Waals surface area contributed by atoms with Gasteiger partial charge in [0.15, 0.2) is 5.65 Å². The molecule has 6 nitrogen and oxygen atoms in total. The van der Waals surface area contributed by atoms with Crippen molar-refractivity contribution in [2.24, 2.45) is 0 Å². The zero-order valence-corrected chi connectivity index (χ0v) is 15.9. The molecule has 0 bridgehead atoms. The van der Waals surface area contributed by atoms with Crippen molar-refractivity contribution < 1.29 is 4.79 Å². The summed E-state index contributed by atoms with van der Waals surface area (Å²) in [4.78, 5) is 17.5. The Kier molecular flexibility index (Phi) is 4.90. The van der Waals surface area contributed by atoms with Crippen LogP contribution in [0.2, 0.25) is 0 Å². The molecule has 1 saturated heterocycles. The molecule has 4 rings (SSSR count). The molecule has 1 aliphatic rings. The molecule has 1 aromatic carbocycles. The van der Waals surface area contributed by atoms with Gasteiger partial charge < -0.3 is 9.80 Å². The van der Waals surface area contributed by atoms with Crippen LogP contribution < -0.4 is 0 Å². The lowest BCUT2D eigenvalue weighted by Crippen LogP contribution is -2.38. The number of piperidine rings is 1. The van der Waals surface area contributed by atoms with Crippen LogP contribution in [0.3, 0.4) is 0 Å². The Labute approximate surface area is 159 Å². The first kappa shape index (κ1) is 17.7. The fourth-order valence-electron chi connectivity index (χ4n) is 3.90. The van der Waals surface area contributed by atoms with Gasteiger partial charge in [0, 0.05) is 19.3 Å². The standard InChI is InChI=1S/C21H25N5O/c1-24(2)14-16-8-10-17(11-9-16)19-7-3-4-13-26(19)21(27)18-6-5-12-25-15-22-23-20(18)25/h5-6,8-12,15,19H,3-4,7,13-14H2,1-2H3/t19-/m0/s1. The second-order valence-electron chi connectivity index (χ2n) is 7.47. The van der Waals surface area contributed by atoms with E-state index in [4.69, 9.17) is 0 Å². The summed E-state index contributed by atoms with van der Waals surface area (Å²) in [7, 11) is 4.14. The summed E-state index contributed by atoms with van der Waals surface area (Å²) in [6.45, 7) is 1.70. The van der Waals surface area contributed by atoms with Crippen LogP contribution in [0.4, 0.5) is 0 Å². The van der Waals surface area contributed by atoms with Gasteiger partial charge in [0.1, 0.15) is 6.33 Å². The molecule has 0 saturated carbocycles. The van der Waals surface area contributed by atoms with E-state index in [-0.39, 0.29) is 11.9 Å². The first-order valence-electron chi connectivity index (χ1n) is 9.46. The van der Waals surface area contributed by atoms with E-state index >= 15 is 0 Å². The zero-order valence-electron chi connectivity index (χ0n) is 15.9. The third kappa shape index (κ3) is 3.57. The van der Waals surface area contributed by atoms with Gasteiger partial charge in [0.05, 0.1) is 11.6 Å². The van der Waals surface area contributed by atoms with E-state index in [1.165, 1.54) is 11.1 Å². The fourth-order valence-corrected chi connectivity index (χ4v) is 3.90. The van der Waals surface area contributed by atoms with Crippen molar-refractivity contribution in [3.63, 3.8) is 0 Å². The highest BCUT2D eigenvalue weighted by molar-refractivity contribution is 6.00. The molecule has 0 aliphatic carbocycles. The molecule has 0 radical (unpaired) electrons. The number of likely N-dealkylation sites (tertiary alicyclic amines) is 1. The van der Waals surface area contributed by atoms with Crippen LogP contribution in [0, 0.1) is 0 Å². The van der Waals surface area contributed by atoms with E-state index in [1.54, 1.807) is 10.7 Å². The largest absolute Gasteiger partial charge is 0.331 e. The maximum atomic E-state index is 13.3. The maximum Gasteiger partial charge on any atom is 0.258 e. The first-order valence-corrected chi connectivity index (χ1v) is 9.46. The van der Waals surface area contributed by atoms with Gasteiger partial charge in [-0.15, -0.1) is 10.2 Å². The number of hydrogen-bond donors (Lipinski definition) is 0. The fraction of sp³-hybridized carbons (Fsp3) is 0.381. The number of aromatic nitrogens is 3. The molecule has 0 spiro atoms. The minimum atomic E-state index is 0.0377. The predicted octanol–water partition coefficient (Wildman–Crippen LogP) is 3.16. The van der Waals surface area contributed by atoms with E-state index in [0.717, 1.165) is 32.4 Å². The molecular weight excluding hydrogens is 338 g/mol. The Morgan fingerprint density at radius 3 is 2.78 bits per heavy atom. The summed E-state index contributed by atoms with van der Waals surface area (Å²) in [5.41, 5.74) is 3.73. The normalized spacial score (nSPS) is 17.6. The SMILES string of the molecule is CN(C)Cc1ccc([C@@H]2CCCCN2C(=O)c2cccn3cnnc23)cc1. The van der Waals surface area contributed by atoms with Gasteiger partial charge in [-0.3, -0.25) is 9.20 Å². The monoisotopic (exact) mass is 363 g/mol. The Morgan fingerprint density at radius 2 is 2.00 bits per heavy atom. The van der Waals surface area contributed by atoms with Crippen LogP contribution in [0.5, 0.6) is 0 Å². The van der Waals surface area contributed by atoms with Crippen LogP contribution >= 0.6 is 0 Å². The molecule has 2 aromatic heterocycles. The van der Waals surface area contributed by atoms with Gasteiger partial charge in [-0.25, -0.2) is 0 Å². The molecule has 0 unspecified atom stereocenters. The molecule has 3 aromatic rings. The minimum Gasteiger partial charge on any atom is -0.331 e. The summed E-state index contributed by atoms with van der Waals surface area (Å²) in [6.07, 6.45) is 6.67. The zero-order chi connectivity index (χ0) is 18.8. The van der Waals surface area contributed by atoms with Crippen molar-refractivity contribution in [2.45, 2.75) is 31.8 Å². The topological polar surface area (TPSA) is 53.7 Å². The first-order chi connectivity index (χ1) is 13.1. The van der Waals surface area contributed by atoms with E-state index in [9.17, 15) is 4.79 Å². The number of pyridine rings is 1. The molecule has 1 atom stereocenters. The highest BCUT2D eigenvalue weighted by atomic mass is 16.2. The number of fused-ring (bicyclic) bond motifs is 1.